The van der Waals surface area contributed by atoms with E-state index in [1.165, 1.54) is 0 Å². The average molecular weight is 353 g/mol. The van der Waals surface area contributed by atoms with Crippen molar-refractivity contribution in [2.45, 2.75) is 25.8 Å². The SMILES string of the molecule is CC(CNC(=O)C1CC(=O)N(C)C1c1cccc(Cl)c1)CC(=O)O. The van der Waals surface area contributed by atoms with Gasteiger partial charge in [0.05, 0.1) is 12.0 Å². The van der Waals surface area contributed by atoms with E-state index in [1.807, 2.05) is 6.07 Å². The van der Waals surface area contributed by atoms with Crippen LogP contribution in [-0.4, -0.2) is 41.4 Å². The van der Waals surface area contributed by atoms with Gasteiger partial charge in [-0.3, -0.25) is 14.4 Å². The van der Waals surface area contributed by atoms with Crippen molar-refractivity contribution in [2.24, 2.45) is 11.8 Å². The maximum absolute atomic E-state index is 12.5. The predicted octanol–water partition coefficient (Wildman–Crippen LogP) is 2.09. The topological polar surface area (TPSA) is 86.7 Å². The molecular formula is C17H21ClN2O4. The minimum absolute atomic E-state index is 0.0124. The summed E-state index contributed by atoms with van der Waals surface area (Å²) in [4.78, 5) is 36.9. The zero-order chi connectivity index (χ0) is 17.9. The molecule has 130 valence electrons. The molecule has 0 aliphatic carbocycles. The Morgan fingerprint density at radius 2 is 2.17 bits per heavy atom. The highest BCUT2D eigenvalue weighted by Gasteiger charge is 2.42. The maximum atomic E-state index is 12.5. The maximum Gasteiger partial charge on any atom is 0.303 e. The standard InChI is InChI=1S/C17H21ClN2O4/c1-10(6-15(22)23)9-19-17(24)13-8-14(21)20(2)16(13)11-4-3-5-12(18)7-11/h3-5,7,10,13,16H,6,8-9H2,1-2H3,(H,19,24)(H,22,23). The molecule has 3 atom stereocenters. The van der Waals surface area contributed by atoms with Crippen molar-refractivity contribution in [2.75, 3.05) is 13.6 Å². The van der Waals surface area contributed by atoms with Gasteiger partial charge in [-0.15, -0.1) is 0 Å². The first-order chi connectivity index (χ1) is 11.3. The van der Waals surface area contributed by atoms with Crippen molar-refractivity contribution in [1.29, 1.82) is 0 Å². The summed E-state index contributed by atoms with van der Waals surface area (Å²) in [5, 5.41) is 12.1. The van der Waals surface area contributed by atoms with Gasteiger partial charge in [0.25, 0.3) is 0 Å². The van der Waals surface area contributed by atoms with E-state index in [4.69, 9.17) is 16.7 Å². The molecule has 1 aromatic carbocycles. The van der Waals surface area contributed by atoms with Crippen LogP contribution in [0.3, 0.4) is 0 Å². The number of amides is 2. The fraction of sp³-hybridized carbons (Fsp3) is 0.471. The van der Waals surface area contributed by atoms with Gasteiger partial charge >= 0.3 is 5.97 Å². The van der Waals surface area contributed by atoms with Crippen molar-refractivity contribution in [3.05, 3.63) is 34.9 Å². The quantitative estimate of drug-likeness (QED) is 0.820. The van der Waals surface area contributed by atoms with Gasteiger partial charge in [-0.05, 0) is 23.6 Å². The van der Waals surface area contributed by atoms with E-state index in [9.17, 15) is 14.4 Å². The third-order valence-electron chi connectivity index (χ3n) is 4.26. The molecule has 2 amide bonds. The number of nitrogens with one attached hydrogen (secondary N) is 1. The number of carbonyl (C=O) groups excluding carboxylic acids is 2. The Labute approximate surface area is 145 Å². The van der Waals surface area contributed by atoms with Crippen LogP contribution in [0.5, 0.6) is 0 Å². The second-order valence-corrected chi connectivity index (χ2v) is 6.70. The van der Waals surface area contributed by atoms with Gasteiger partial charge in [0.1, 0.15) is 0 Å². The number of carbonyl (C=O) groups is 3. The molecule has 1 fully saturated rings. The average Bonchev–Trinajstić information content (AvgIpc) is 2.80. The van der Waals surface area contributed by atoms with Gasteiger partial charge in [0.2, 0.25) is 11.8 Å². The molecule has 0 saturated carbocycles. The molecular weight excluding hydrogens is 332 g/mol. The first-order valence-electron chi connectivity index (χ1n) is 7.80. The number of nitrogens with zero attached hydrogens (tertiary/aromatic N) is 1. The van der Waals surface area contributed by atoms with Crippen molar-refractivity contribution < 1.29 is 19.5 Å². The van der Waals surface area contributed by atoms with Crippen LogP contribution < -0.4 is 5.32 Å². The summed E-state index contributed by atoms with van der Waals surface area (Å²) in [6.45, 7) is 2.02. The Bertz CT molecular complexity index is 649. The van der Waals surface area contributed by atoms with Crippen LogP contribution in [-0.2, 0) is 14.4 Å². The van der Waals surface area contributed by atoms with Gasteiger partial charge in [-0.2, -0.15) is 0 Å². The van der Waals surface area contributed by atoms with E-state index < -0.39 is 11.9 Å². The molecule has 6 nitrogen and oxygen atoms in total. The molecule has 1 aliphatic rings. The summed E-state index contributed by atoms with van der Waals surface area (Å²) in [5.74, 6) is -1.93. The Morgan fingerprint density at radius 3 is 2.79 bits per heavy atom. The second kappa shape index (κ2) is 7.66. The minimum atomic E-state index is -0.899. The Balaban J connectivity index is 2.10. The van der Waals surface area contributed by atoms with Crippen LogP contribution >= 0.6 is 11.6 Å². The molecule has 1 aliphatic heterocycles. The van der Waals surface area contributed by atoms with Crippen molar-refractivity contribution in [3.8, 4) is 0 Å². The number of rotatable bonds is 6. The highest BCUT2D eigenvalue weighted by Crippen LogP contribution is 2.37. The number of aliphatic carboxylic acids is 1. The molecule has 1 saturated heterocycles. The van der Waals surface area contributed by atoms with Crippen LogP contribution in [0, 0.1) is 11.8 Å². The van der Waals surface area contributed by atoms with Crippen molar-refractivity contribution in [3.63, 3.8) is 0 Å². The lowest BCUT2D eigenvalue weighted by atomic mass is 9.92. The number of carboxylic acid groups (broad SMARTS) is 1. The number of hydrogen-bond acceptors (Lipinski definition) is 3. The Morgan fingerprint density at radius 1 is 1.46 bits per heavy atom. The fourth-order valence-electron chi connectivity index (χ4n) is 3.03. The number of hydrogen-bond donors (Lipinski definition) is 2. The molecule has 0 spiro atoms. The summed E-state index contributed by atoms with van der Waals surface area (Å²) in [7, 11) is 1.67. The lowest BCUT2D eigenvalue weighted by molar-refractivity contribution is -0.138. The predicted molar refractivity (Wildman–Crippen MR) is 89.5 cm³/mol. The summed E-state index contributed by atoms with van der Waals surface area (Å²) >= 11 is 6.03. The second-order valence-electron chi connectivity index (χ2n) is 6.26. The summed E-state index contributed by atoms with van der Waals surface area (Å²) in [5.41, 5.74) is 0.814. The Kier molecular flexibility index (Phi) is 5.83. The number of halogens is 1. The molecule has 1 heterocycles. The van der Waals surface area contributed by atoms with Crippen LogP contribution in [0.1, 0.15) is 31.4 Å². The van der Waals surface area contributed by atoms with Gasteiger partial charge in [0, 0.05) is 31.5 Å². The van der Waals surface area contributed by atoms with Crippen LogP contribution in [0.15, 0.2) is 24.3 Å². The molecule has 0 bridgehead atoms. The summed E-state index contributed by atoms with van der Waals surface area (Å²) in [6, 6.07) is 6.77. The van der Waals surface area contributed by atoms with E-state index in [1.54, 1.807) is 37.1 Å². The molecule has 1 aromatic rings. The molecule has 2 N–H and O–H groups in total. The minimum Gasteiger partial charge on any atom is -0.481 e. The van der Waals surface area contributed by atoms with Crippen LogP contribution in [0.25, 0.3) is 0 Å². The zero-order valence-electron chi connectivity index (χ0n) is 13.7. The van der Waals surface area contributed by atoms with E-state index in [-0.39, 0.29) is 43.2 Å². The highest BCUT2D eigenvalue weighted by molar-refractivity contribution is 6.30. The molecule has 3 unspecified atom stereocenters. The van der Waals surface area contributed by atoms with E-state index in [2.05, 4.69) is 5.32 Å². The smallest absolute Gasteiger partial charge is 0.303 e. The van der Waals surface area contributed by atoms with Crippen molar-refractivity contribution >= 4 is 29.4 Å². The third kappa shape index (κ3) is 4.26. The lowest BCUT2D eigenvalue weighted by Crippen LogP contribution is -2.37. The van der Waals surface area contributed by atoms with E-state index in [0.717, 1.165) is 5.56 Å². The molecule has 2 rings (SSSR count). The van der Waals surface area contributed by atoms with Crippen LogP contribution in [0.2, 0.25) is 5.02 Å². The van der Waals surface area contributed by atoms with Crippen molar-refractivity contribution in [1.82, 2.24) is 10.2 Å². The zero-order valence-corrected chi connectivity index (χ0v) is 14.4. The Hall–Kier alpha value is -2.08. The largest absolute Gasteiger partial charge is 0.481 e. The normalized spacial score (nSPS) is 21.6. The van der Waals surface area contributed by atoms with Gasteiger partial charge in [-0.1, -0.05) is 30.7 Å². The number of benzene rings is 1. The first kappa shape index (κ1) is 18.3. The van der Waals surface area contributed by atoms with Gasteiger partial charge in [-0.25, -0.2) is 0 Å². The molecule has 0 radical (unpaired) electrons. The molecule has 0 aromatic heterocycles. The van der Waals surface area contributed by atoms with E-state index in [0.29, 0.717) is 5.02 Å². The monoisotopic (exact) mass is 352 g/mol. The number of likely N-dealkylation sites (tertiary alicyclic amines) is 1. The summed E-state index contributed by atoms with van der Waals surface area (Å²) < 4.78 is 0. The first-order valence-corrected chi connectivity index (χ1v) is 8.18. The van der Waals surface area contributed by atoms with Gasteiger partial charge in [0.15, 0.2) is 0 Å². The molecule has 7 heteroatoms. The van der Waals surface area contributed by atoms with Gasteiger partial charge < -0.3 is 15.3 Å². The lowest BCUT2D eigenvalue weighted by Gasteiger charge is -2.25. The fourth-order valence-corrected chi connectivity index (χ4v) is 3.23. The number of carboxylic acids is 1. The van der Waals surface area contributed by atoms with Crippen LogP contribution in [0.4, 0.5) is 0 Å². The third-order valence-corrected chi connectivity index (χ3v) is 4.50. The van der Waals surface area contributed by atoms with E-state index >= 15 is 0 Å². The highest BCUT2D eigenvalue weighted by atomic mass is 35.5. The molecule has 24 heavy (non-hydrogen) atoms. The summed E-state index contributed by atoms with van der Waals surface area (Å²) in [6.07, 6.45) is 0.119.